The lowest BCUT2D eigenvalue weighted by Crippen LogP contribution is -2.32. The summed E-state index contributed by atoms with van der Waals surface area (Å²) in [6, 6.07) is 0. The molecule has 0 heterocycles. The fourth-order valence-corrected chi connectivity index (χ4v) is 0.757. The van der Waals surface area contributed by atoms with Crippen molar-refractivity contribution in [3.63, 3.8) is 0 Å². The average molecular weight is 234 g/mol. The number of carbonyl (C=O) groups excluding carboxylic acids is 2. The van der Waals surface area contributed by atoms with E-state index in [0.29, 0.717) is 6.61 Å². The van der Waals surface area contributed by atoms with Gasteiger partial charge in [0.15, 0.2) is 12.2 Å². The van der Waals surface area contributed by atoms with Gasteiger partial charge >= 0.3 is 11.9 Å². The first kappa shape index (κ1) is 14.9. The molecular formula is C10H18O6. The average Bonchev–Trinajstić information content (AvgIpc) is 2.27. The fraction of sp³-hybridized carbons (Fsp3) is 0.800. The molecule has 0 aromatic carbocycles. The van der Waals surface area contributed by atoms with Gasteiger partial charge in [0.1, 0.15) is 6.61 Å². The monoisotopic (exact) mass is 234 g/mol. The lowest BCUT2D eigenvalue weighted by molar-refractivity contribution is -0.172. The maximum absolute atomic E-state index is 11.3. The van der Waals surface area contributed by atoms with Crippen molar-refractivity contribution < 1.29 is 28.5 Å². The molecule has 2 atom stereocenters. The van der Waals surface area contributed by atoms with Crippen molar-refractivity contribution in [3.8, 4) is 0 Å². The molecule has 0 fully saturated rings. The molecule has 0 N–H and O–H groups in total. The Bertz CT molecular complexity index is 227. The molecule has 2 unspecified atom stereocenters. The van der Waals surface area contributed by atoms with Crippen molar-refractivity contribution in [2.75, 3.05) is 27.4 Å². The largest absolute Gasteiger partial charge is 0.461 e. The van der Waals surface area contributed by atoms with Gasteiger partial charge in [-0.05, 0) is 13.8 Å². The molecule has 0 aliphatic carbocycles. The highest BCUT2D eigenvalue weighted by molar-refractivity contribution is 5.80. The third-order valence-corrected chi connectivity index (χ3v) is 1.84. The van der Waals surface area contributed by atoms with Crippen LogP contribution in [0.25, 0.3) is 0 Å². The molecule has 0 saturated heterocycles. The smallest absolute Gasteiger partial charge is 0.347 e. The molecule has 0 aliphatic heterocycles. The van der Waals surface area contributed by atoms with Crippen LogP contribution in [0.1, 0.15) is 13.8 Å². The highest BCUT2D eigenvalue weighted by atomic mass is 16.6. The van der Waals surface area contributed by atoms with Gasteiger partial charge in [-0.2, -0.15) is 0 Å². The van der Waals surface area contributed by atoms with Crippen LogP contribution in [0.3, 0.4) is 0 Å². The lowest BCUT2D eigenvalue weighted by atomic mass is 10.4. The van der Waals surface area contributed by atoms with E-state index in [4.69, 9.17) is 18.9 Å². The van der Waals surface area contributed by atoms with E-state index in [1.807, 2.05) is 0 Å². The van der Waals surface area contributed by atoms with Crippen LogP contribution in [0.4, 0.5) is 0 Å². The number of esters is 2. The Kier molecular flexibility index (Phi) is 7.49. The molecule has 0 spiro atoms. The van der Waals surface area contributed by atoms with Crippen molar-refractivity contribution in [3.05, 3.63) is 0 Å². The van der Waals surface area contributed by atoms with Gasteiger partial charge in [-0.1, -0.05) is 0 Å². The number of methoxy groups -OCH3 is 2. The molecule has 0 saturated carbocycles. The fourth-order valence-electron chi connectivity index (χ4n) is 0.757. The van der Waals surface area contributed by atoms with Crippen LogP contribution >= 0.6 is 0 Å². The van der Waals surface area contributed by atoms with E-state index in [0.717, 1.165) is 0 Å². The van der Waals surface area contributed by atoms with Crippen LogP contribution in [-0.4, -0.2) is 51.6 Å². The number of rotatable bonds is 7. The Labute approximate surface area is 94.8 Å². The molecule has 0 aromatic heterocycles. The summed E-state index contributed by atoms with van der Waals surface area (Å²) in [6.45, 7) is 3.42. The highest BCUT2D eigenvalue weighted by Gasteiger charge is 2.22. The van der Waals surface area contributed by atoms with E-state index < -0.39 is 24.1 Å². The predicted octanol–water partition coefficient (Wildman–Crippen LogP) is 0.143. The van der Waals surface area contributed by atoms with Gasteiger partial charge in [0.05, 0.1) is 6.61 Å². The molecule has 6 heteroatoms. The normalized spacial score (nSPS) is 14.0. The minimum absolute atomic E-state index is 0.136. The SMILES string of the molecule is COCCOC(=O)C(C)OC(=O)C(C)OC. The Morgan fingerprint density at radius 3 is 2.12 bits per heavy atom. The third kappa shape index (κ3) is 5.67. The van der Waals surface area contributed by atoms with Crippen LogP contribution in [0.5, 0.6) is 0 Å². The van der Waals surface area contributed by atoms with Crippen LogP contribution in [-0.2, 0) is 28.5 Å². The van der Waals surface area contributed by atoms with Crippen molar-refractivity contribution in [1.82, 2.24) is 0 Å². The molecule has 94 valence electrons. The standard InChI is InChI=1S/C10H18O6/c1-7(14-4)10(12)16-8(2)9(11)15-6-5-13-3/h7-8H,5-6H2,1-4H3. The van der Waals surface area contributed by atoms with Gasteiger partial charge in [-0.3, -0.25) is 0 Å². The topological polar surface area (TPSA) is 71.1 Å². The van der Waals surface area contributed by atoms with E-state index in [-0.39, 0.29) is 6.61 Å². The zero-order valence-corrected chi connectivity index (χ0v) is 10.0. The van der Waals surface area contributed by atoms with Gasteiger partial charge in [-0.15, -0.1) is 0 Å². The highest BCUT2D eigenvalue weighted by Crippen LogP contribution is 2.00. The Balaban J connectivity index is 3.91. The van der Waals surface area contributed by atoms with Gasteiger partial charge in [0.25, 0.3) is 0 Å². The lowest BCUT2D eigenvalue weighted by Gasteiger charge is -2.15. The van der Waals surface area contributed by atoms with Crippen molar-refractivity contribution in [2.45, 2.75) is 26.1 Å². The molecule has 0 amide bonds. The van der Waals surface area contributed by atoms with Crippen molar-refractivity contribution in [2.24, 2.45) is 0 Å². The van der Waals surface area contributed by atoms with Crippen molar-refractivity contribution in [1.29, 1.82) is 0 Å². The van der Waals surface area contributed by atoms with E-state index >= 15 is 0 Å². The molecule has 16 heavy (non-hydrogen) atoms. The zero-order valence-electron chi connectivity index (χ0n) is 10.0. The minimum Gasteiger partial charge on any atom is -0.461 e. The van der Waals surface area contributed by atoms with Gasteiger partial charge in [0, 0.05) is 14.2 Å². The summed E-state index contributed by atoms with van der Waals surface area (Å²) < 4.78 is 19.0. The van der Waals surface area contributed by atoms with Crippen LogP contribution in [0.2, 0.25) is 0 Å². The second-order valence-corrected chi connectivity index (χ2v) is 3.12. The number of ether oxygens (including phenoxy) is 4. The molecule has 0 rings (SSSR count). The first-order chi connectivity index (χ1) is 7.52. The summed E-state index contributed by atoms with van der Waals surface area (Å²) in [5.41, 5.74) is 0. The van der Waals surface area contributed by atoms with E-state index in [1.165, 1.54) is 28.1 Å². The molecule has 6 nitrogen and oxygen atoms in total. The number of hydrogen-bond donors (Lipinski definition) is 0. The first-order valence-electron chi connectivity index (χ1n) is 4.91. The number of carbonyl (C=O) groups is 2. The number of hydrogen-bond acceptors (Lipinski definition) is 6. The summed E-state index contributed by atoms with van der Waals surface area (Å²) in [7, 11) is 2.88. The molecule has 0 aromatic rings. The van der Waals surface area contributed by atoms with Crippen LogP contribution < -0.4 is 0 Å². The quantitative estimate of drug-likeness (QED) is 0.461. The van der Waals surface area contributed by atoms with Gasteiger partial charge < -0.3 is 18.9 Å². The van der Waals surface area contributed by atoms with Crippen LogP contribution in [0, 0.1) is 0 Å². The van der Waals surface area contributed by atoms with Crippen molar-refractivity contribution >= 4 is 11.9 Å². The van der Waals surface area contributed by atoms with E-state index in [1.54, 1.807) is 0 Å². The second-order valence-electron chi connectivity index (χ2n) is 3.12. The summed E-state index contributed by atoms with van der Waals surface area (Å²) >= 11 is 0. The Hall–Kier alpha value is -1.14. The third-order valence-electron chi connectivity index (χ3n) is 1.84. The van der Waals surface area contributed by atoms with Gasteiger partial charge in [0.2, 0.25) is 0 Å². The molecular weight excluding hydrogens is 216 g/mol. The summed E-state index contributed by atoms with van der Waals surface area (Å²) in [5, 5.41) is 0. The van der Waals surface area contributed by atoms with Gasteiger partial charge in [-0.25, -0.2) is 9.59 Å². The second kappa shape index (κ2) is 8.06. The summed E-state index contributed by atoms with van der Waals surface area (Å²) in [5.74, 6) is -1.20. The van der Waals surface area contributed by atoms with E-state index in [2.05, 4.69) is 0 Å². The molecule has 0 aliphatic rings. The predicted molar refractivity (Wildman–Crippen MR) is 54.9 cm³/mol. The summed E-state index contributed by atoms with van der Waals surface area (Å²) in [6.07, 6.45) is -1.64. The summed E-state index contributed by atoms with van der Waals surface area (Å²) in [4.78, 5) is 22.5. The molecule has 0 radical (unpaired) electrons. The zero-order chi connectivity index (χ0) is 12.6. The Morgan fingerprint density at radius 2 is 1.62 bits per heavy atom. The first-order valence-corrected chi connectivity index (χ1v) is 4.91. The molecule has 0 bridgehead atoms. The maximum Gasteiger partial charge on any atom is 0.347 e. The minimum atomic E-state index is -0.943. The Morgan fingerprint density at radius 1 is 1.00 bits per heavy atom. The van der Waals surface area contributed by atoms with Crippen LogP contribution in [0.15, 0.2) is 0 Å². The maximum atomic E-state index is 11.3. The van der Waals surface area contributed by atoms with E-state index in [9.17, 15) is 9.59 Å².